The topological polar surface area (TPSA) is 37.9 Å². The van der Waals surface area contributed by atoms with Crippen LogP contribution in [0.25, 0.3) is 0 Å². The van der Waals surface area contributed by atoms with Crippen molar-refractivity contribution < 1.29 is 4.74 Å². The van der Waals surface area contributed by atoms with E-state index in [2.05, 4.69) is 25.9 Å². The van der Waals surface area contributed by atoms with Crippen LogP contribution in [0.1, 0.15) is 49.7 Å². The zero-order valence-electron chi connectivity index (χ0n) is 10.8. The summed E-state index contributed by atoms with van der Waals surface area (Å²) in [5.41, 5.74) is 1.02. The van der Waals surface area contributed by atoms with Gasteiger partial charge in [-0.25, -0.2) is 4.98 Å². The van der Waals surface area contributed by atoms with Gasteiger partial charge in [-0.1, -0.05) is 31.5 Å². The Morgan fingerprint density at radius 1 is 1.39 bits per heavy atom. The van der Waals surface area contributed by atoms with Crippen LogP contribution in [0.3, 0.4) is 0 Å². The van der Waals surface area contributed by atoms with Crippen LogP contribution in [-0.4, -0.2) is 17.1 Å². The van der Waals surface area contributed by atoms with Crippen LogP contribution in [-0.2, 0) is 4.74 Å². The highest BCUT2D eigenvalue weighted by Gasteiger charge is 2.27. The molecule has 1 fully saturated rings. The molecule has 5 heteroatoms. The van der Waals surface area contributed by atoms with E-state index >= 15 is 0 Å². The van der Waals surface area contributed by atoms with E-state index in [4.69, 9.17) is 17.0 Å². The normalized spacial score (nSPS) is 18.8. The number of rotatable bonds is 3. The standard InChI is InChI=1S/C13H19BrN2OS/c1-8-10(14)13(18)16-12(15-8)11(17-2)9-6-4-3-5-7-9/h9,11H,3-7H2,1-2H3,(H,15,16,18). The highest BCUT2D eigenvalue weighted by atomic mass is 79.9. The van der Waals surface area contributed by atoms with Gasteiger partial charge < -0.3 is 9.72 Å². The Kier molecular flexibility index (Phi) is 4.92. The monoisotopic (exact) mass is 330 g/mol. The molecule has 0 saturated heterocycles. The second kappa shape index (κ2) is 6.26. The number of methoxy groups -OCH3 is 1. The van der Waals surface area contributed by atoms with Crippen molar-refractivity contribution in [1.82, 2.24) is 9.97 Å². The molecule has 1 unspecified atom stereocenters. The van der Waals surface area contributed by atoms with Crippen molar-refractivity contribution in [2.75, 3.05) is 7.11 Å². The van der Waals surface area contributed by atoms with E-state index in [1.165, 1.54) is 32.1 Å². The lowest BCUT2D eigenvalue weighted by Gasteiger charge is -2.28. The van der Waals surface area contributed by atoms with E-state index in [0.717, 1.165) is 16.0 Å². The summed E-state index contributed by atoms with van der Waals surface area (Å²) in [4.78, 5) is 7.78. The quantitative estimate of drug-likeness (QED) is 0.830. The molecule has 0 amide bonds. The summed E-state index contributed by atoms with van der Waals surface area (Å²) in [5.74, 6) is 1.43. The lowest BCUT2D eigenvalue weighted by atomic mass is 9.85. The fourth-order valence-electron chi connectivity index (χ4n) is 2.69. The van der Waals surface area contributed by atoms with Crippen LogP contribution in [0.2, 0.25) is 0 Å². The summed E-state index contributed by atoms with van der Waals surface area (Å²) in [6.45, 7) is 2.00. The van der Waals surface area contributed by atoms with Crippen LogP contribution in [0.15, 0.2) is 4.47 Å². The Bertz CT molecular complexity index is 469. The summed E-state index contributed by atoms with van der Waals surface area (Å²) in [7, 11) is 1.76. The fraction of sp³-hybridized carbons (Fsp3) is 0.692. The third kappa shape index (κ3) is 3.00. The molecule has 18 heavy (non-hydrogen) atoms. The Hall–Kier alpha value is -0.260. The molecule has 0 aromatic carbocycles. The first-order chi connectivity index (χ1) is 8.63. The molecule has 100 valence electrons. The Morgan fingerprint density at radius 2 is 2.06 bits per heavy atom. The first-order valence-electron chi connectivity index (χ1n) is 6.42. The van der Waals surface area contributed by atoms with Crippen LogP contribution in [0.5, 0.6) is 0 Å². The van der Waals surface area contributed by atoms with Crippen molar-refractivity contribution in [3.63, 3.8) is 0 Å². The van der Waals surface area contributed by atoms with Crippen molar-refractivity contribution in [2.24, 2.45) is 5.92 Å². The number of hydrogen-bond donors (Lipinski definition) is 1. The number of ether oxygens (including phenoxy) is 1. The van der Waals surface area contributed by atoms with Gasteiger partial charge in [0.2, 0.25) is 0 Å². The minimum atomic E-state index is 0.0406. The number of aromatic amines is 1. The molecule has 1 aliphatic rings. The average molecular weight is 331 g/mol. The van der Waals surface area contributed by atoms with Crippen LogP contribution < -0.4 is 0 Å². The highest BCUT2D eigenvalue weighted by Crippen LogP contribution is 2.35. The SMILES string of the molecule is COC(c1nc(=S)c(Br)c(C)[nH]1)C1CCCCC1. The maximum Gasteiger partial charge on any atom is 0.144 e. The number of aryl methyl sites for hydroxylation is 1. The number of H-pyrrole nitrogens is 1. The molecule has 1 atom stereocenters. The summed E-state index contributed by atoms with van der Waals surface area (Å²) in [5, 5.41) is 0. The number of hydrogen-bond acceptors (Lipinski definition) is 3. The second-order valence-corrected chi connectivity index (χ2v) is 6.10. The second-order valence-electron chi connectivity index (χ2n) is 4.92. The maximum atomic E-state index is 5.67. The lowest BCUT2D eigenvalue weighted by molar-refractivity contribution is 0.0287. The molecule has 0 radical (unpaired) electrons. The Labute approximate surface area is 121 Å². The molecule has 0 aliphatic heterocycles. The van der Waals surface area contributed by atoms with Crippen molar-refractivity contribution in [3.05, 3.63) is 20.6 Å². The average Bonchev–Trinajstić information content (AvgIpc) is 2.38. The van der Waals surface area contributed by atoms with E-state index in [0.29, 0.717) is 10.6 Å². The van der Waals surface area contributed by atoms with Gasteiger partial charge in [-0.2, -0.15) is 0 Å². The molecule has 3 nitrogen and oxygen atoms in total. The Balaban J connectivity index is 2.29. The van der Waals surface area contributed by atoms with Crippen LogP contribution in [0.4, 0.5) is 0 Å². The van der Waals surface area contributed by atoms with Gasteiger partial charge in [0.1, 0.15) is 16.6 Å². The van der Waals surface area contributed by atoms with Crippen molar-refractivity contribution in [3.8, 4) is 0 Å². The van der Waals surface area contributed by atoms with Crippen LogP contribution in [0, 0.1) is 17.5 Å². The first kappa shape index (κ1) is 14.2. The van der Waals surface area contributed by atoms with Gasteiger partial charge in [0, 0.05) is 12.8 Å². The summed E-state index contributed by atoms with van der Waals surface area (Å²) >= 11 is 8.70. The van der Waals surface area contributed by atoms with Crippen molar-refractivity contribution in [1.29, 1.82) is 0 Å². The third-order valence-electron chi connectivity index (χ3n) is 3.66. The van der Waals surface area contributed by atoms with Gasteiger partial charge >= 0.3 is 0 Å². The molecular formula is C13H19BrN2OS. The van der Waals surface area contributed by atoms with E-state index in [-0.39, 0.29) is 6.10 Å². The van der Waals surface area contributed by atoms with E-state index in [1.54, 1.807) is 7.11 Å². The van der Waals surface area contributed by atoms with Crippen molar-refractivity contribution in [2.45, 2.75) is 45.1 Å². The molecule has 0 bridgehead atoms. The third-order valence-corrected chi connectivity index (χ3v) is 5.18. The molecule has 1 aromatic heterocycles. The molecule has 1 aliphatic carbocycles. The van der Waals surface area contributed by atoms with E-state index in [1.807, 2.05) is 6.92 Å². The van der Waals surface area contributed by atoms with Gasteiger partial charge in [0.25, 0.3) is 0 Å². The highest BCUT2D eigenvalue weighted by molar-refractivity contribution is 9.10. The van der Waals surface area contributed by atoms with Gasteiger partial charge in [0.05, 0.1) is 4.47 Å². The summed E-state index contributed by atoms with van der Waals surface area (Å²) in [6.07, 6.45) is 6.40. The summed E-state index contributed by atoms with van der Waals surface area (Å²) < 4.78 is 7.16. The molecule has 1 heterocycles. The first-order valence-corrected chi connectivity index (χ1v) is 7.62. The van der Waals surface area contributed by atoms with Gasteiger partial charge in [-0.15, -0.1) is 0 Å². The fourth-order valence-corrected chi connectivity index (χ4v) is 3.13. The van der Waals surface area contributed by atoms with E-state index in [9.17, 15) is 0 Å². The molecule has 1 N–H and O–H groups in total. The zero-order chi connectivity index (χ0) is 13.1. The lowest BCUT2D eigenvalue weighted by Crippen LogP contribution is -2.20. The predicted octanol–water partition coefficient (Wildman–Crippen LogP) is 4.48. The minimum Gasteiger partial charge on any atom is -0.373 e. The van der Waals surface area contributed by atoms with Gasteiger partial charge in [-0.3, -0.25) is 0 Å². The molecular weight excluding hydrogens is 312 g/mol. The number of nitrogens with zero attached hydrogens (tertiary/aromatic N) is 1. The molecule has 2 rings (SSSR count). The largest absolute Gasteiger partial charge is 0.373 e. The number of aromatic nitrogens is 2. The zero-order valence-corrected chi connectivity index (χ0v) is 13.2. The molecule has 1 aromatic rings. The van der Waals surface area contributed by atoms with Crippen molar-refractivity contribution >= 4 is 28.1 Å². The molecule has 1 saturated carbocycles. The predicted molar refractivity (Wildman–Crippen MR) is 78.2 cm³/mol. The molecule has 0 spiro atoms. The number of nitrogens with one attached hydrogen (secondary N) is 1. The smallest absolute Gasteiger partial charge is 0.144 e. The summed E-state index contributed by atoms with van der Waals surface area (Å²) in [6, 6.07) is 0. The van der Waals surface area contributed by atoms with Gasteiger partial charge in [0.15, 0.2) is 0 Å². The number of halogens is 1. The Morgan fingerprint density at radius 3 is 2.61 bits per heavy atom. The minimum absolute atomic E-state index is 0.0406. The van der Waals surface area contributed by atoms with E-state index < -0.39 is 0 Å². The maximum absolute atomic E-state index is 5.67. The van der Waals surface area contributed by atoms with Crippen LogP contribution >= 0.6 is 28.1 Å². The van der Waals surface area contributed by atoms with Gasteiger partial charge in [-0.05, 0) is 41.6 Å².